The normalized spacial score (nSPS) is 36.4. The van der Waals surface area contributed by atoms with Gasteiger partial charge in [0.05, 0.1) is 13.2 Å². The van der Waals surface area contributed by atoms with Crippen molar-refractivity contribution in [1.29, 1.82) is 0 Å². The van der Waals surface area contributed by atoms with Gasteiger partial charge in [-0.15, -0.1) is 0 Å². The Kier molecular flexibility index (Phi) is 4.55. The van der Waals surface area contributed by atoms with Gasteiger partial charge in [-0.1, -0.05) is 24.6 Å². The van der Waals surface area contributed by atoms with Crippen LogP contribution < -0.4 is 0 Å². The average Bonchev–Trinajstić information content (AvgIpc) is 2.50. The Bertz CT molecular complexity index is 454. The first kappa shape index (κ1) is 16.0. The van der Waals surface area contributed by atoms with Crippen molar-refractivity contribution in [3.05, 3.63) is 21.3 Å². The van der Waals surface area contributed by atoms with Gasteiger partial charge in [-0.25, -0.2) is 0 Å². The maximum Gasteiger partial charge on any atom is 0.162 e. The highest BCUT2D eigenvalue weighted by Crippen LogP contribution is 2.54. The second-order valence-corrected chi connectivity index (χ2v) is 8.56. The summed E-state index contributed by atoms with van der Waals surface area (Å²) in [5, 5.41) is 0. The van der Waals surface area contributed by atoms with Crippen molar-refractivity contribution < 1.29 is 9.47 Å². The highest BCUT2D eigenvalue weighted by atomic mass is 127. The zero-order valence-electron chi connectivity index (χ0n) is 13.5. The highest BCUT2D eigenvalue weighted by molar-refractivity contribution is 14.1. The van der Waals surface area contributed by atoms with E-state index in [9.17, 15) is 0 Å². The van der Waals surface area contributed by atoms with Gasteiger partial charge < -0.3 is 9.47 Å². The van der Waals surface area contributed by atoms with Crippen LogP contribution >= 0.6 is 22.6 Å². The first-order valence-corrected chi connectivity index (χ1v) is 9.37. The molecule has 2 atom stereocenters. The van der Waals surface area contributed by atoms with Crippen LogP contribution in [0.3, 0.4) is 0 Å². The van der Waals surface area contributed by atoms with Crippen molar-refractivity contribution in [3.8, 4) is 0 Å². The van der Waals surface area contributed by atoms with E-state index < -0.39 is 5.79 Å². The zero-order chi connectivity index (χ0) is 15.1. The predicted molar refractivity (Wildman–Crippen MR) is 94.3 cm³/mol. The van der Waals surface area contributed by atoms with Gasteiger partial charge in [-0.05, 0) is 78.0 Å². The monoisotopic (exact) mass is 402 g/mol. The van der Waals surface area contributed by atoms with Gasteiger partial charge in [-0.3, -0.25) is 0 Å². The smallest absolute Gasteiger partial charge is 0.162 e. The fourth-order valence-corrected chi connectivity index (χ4v) is 4.86. The molecule has 0 radical (unpaired) electrons. The molecule has 3 rings (SSSR count). The highest BCUT2D eigenvalue weighted by Gasteiger charge is 2.51. The Balaban J connectivity index is 1.89. The molecule has 1 heterocycles. The maximum absolute atomic E-state index is 6.07. The predicted octanol–water partition coefficient (Wildman–Crippen LogP) is 5.23. The van der Waals surface area contributed by atoms with Gasteiger partial charge in [0, 0.05) is 11.3 Å². The Hall–Kier alpha value is 0.130. The number of halogens is 1. The topological polar surface area (TPSA) is 18.5 Å². The largest absolute Gasteiger partial charge is 0.350 e. The van der Waals surface area contributed by atoms with Gasteiger partial charge in [0.1, 0.15) is 0 Å². The molecule has 0 unspecified atom stereocenters. The third kappa shape index (κ3) is 2.98. The van der Waals surface area contributed by atoms with E-state index in [0.717, 1.165) is 13.2 Å². The van der Waals surface area contributed by atoms with E-state index in [-0.39, 0.29) is 5.41 Å². The van der Waals surface area contributed by atoms with E-state index in [2.05, 4.69) is 41.7 Å². The molecule has 1 saturated carbocycles. The van der Waals surface area contributed by atoms with Crippen molar-refractivity contribution in [3.63, 3.8) is 0 Å². The summed E-state index contributed by atoms with van der Waals surface area (Å²) >= 11 is 2.56. The van der Waals surface area contributed by atoms with Crippen LogP contribution in [0.5, 0.6) is 0 Å². The van der Waals surface area contributed by atoms with Crippen molar-refractivity contribution in [2.45, 2.75) is 58.7 Å². The molecule has 2 aliphatic carbocycles. The van der Waals surface area contributed by atoms with Crippen LogP contribution in [0.25, 0.3) is 0 Å². The number of allylic oxidation sites excluding steroid dienone is 4. The van der Waals surface area contributed by atoms with Crippen molar-refractivity contribution >= 4 is 22.6 Å². The van der Waals surface area contributed by atoms with Crippen LogP contribution in [0, 0.1) is 17.3 Å². The fraction of sp³-hybridized carbons (Fsp3) is 0.778. The van der Waals surface area contributed by atoms with Crippen LogP contribution in [0.2, 0.25) is 0 Å². The molecule has 0 aromatic carbocycles. The third-order valence-corrected chi connectivity index (χ3v) is 7.03. The summed E-state index contributed by atoms with van der Waals surface area (Å²) in [6.45, 7) is 8.07. The molecule has 2 nitrogen and oxygen atoms in total. The lowest BCUT2D eigenvalue weighted by Crippen LogP contribution is -2.54. The number of hydrogen-bond donors (Lipinski definition) is 0. The van der Waals surface area contributed by atoms with E-state index in [1.54, 1.807) is 9.15 Å². The maximum atomic E-state index is 6.07. The minimum atomic E-state index is -0.404. The molecule has 1 aliphatic heterocycles. The fourth-order valence-electron chi connectivity index (χ4n) is 4.23. The SMILES string of the molecule is CC/C(I)=C1/CCC2(COC(C)(C)OC2)[C@@H]2CCC=C[C@@H]12. The zero-order valence-corrected chi connectivity index (χ0v) is 15.6. The molecule has 0 aromatic rings. The summed E-state index contributed by atoms with van der Waals surface area (Å²) < 4.78 is 13.7. The summed E-state index contributed by atoms with van der Waals surface area (Å²) in [5.74, 6) is 0.908. The van der Waals surface area contributed by atoms with E-state index in [1.165, 1.54) is 32.1 Å². The lowest BCUT2D eigenvalue weighted by Gasteiger charge is -2.54. The van der Waals surface area contributed by atoms with E-state index in [1.807, 2.05) is 13.8 Å². The van der Waals surface area contributed by atoms with Gasteiger partial charge in [0.25, 0.3) is 0 Å². The first-order valence-electron chi connectivity index (χ1n) is 8.29. The molecule has 0 aromatic heterocycles. The Morgan fingerprint density at radius 1 is 1.33 bits per heavy atom. The Morgan fingerprint density at radius 3 is 2.71 bits per heavy atom. The summed E-state index contributed by atoms with van der Waals surface area (Å²) in [5.41, 5.74) is 1.92. The summed E-state index contributed by atoms with van der Waals surface area (Å²) in [7, 11) is 0. The molecule has 0 N–H and O–H groups in total. The van der Waals surface area contributed by atoms with Crippen LogP contribution in [-0.2, 0) is 9.47 Å². The molecule has 0 bridgehead atoms. The van der Waals surface area contributed by atoms with Gasteiger partial charge in [0.15, 0.2) is 5.79 Å². The molecule has 0 amide bonds. The molecule has 1 spiro atoms. The van der Waals surface area contributed by atoms with Crippen molar-refractivity contribution in [1.82, 2.24) is 0 Å². The number of fused-ring (bicyclic) bond motifs is 2. The second kappa shape index (κ2) is 5.97. The number of rotatable bonds is 1. The van der Waals surface area contributed by atoms with E-state index in [4.69, 9.17) is 9.47 Å². The third-order valence-electron chi connectivity index (χ3n) is 5.58. The summed E-state index contributed by atoms with van der Waals surface area (Å²) in [6.07, 6.45) is 10.9. The summed E-state index contributed by atoms with van der Waals surface area (Å²) in [4.78, 5) is 0. The lowest BCUT2D eigenvalue weighted by molar-refractivity contribution is -0.299. The lowest BCUT2D eigenvalue weighted by atomic mass is 9.57. The molecular formula is C18H27IO2. The minimum absolute atomic E-state index is 0.235. The standard InChI is InChI=1S/C18H27IO2/c1-4-16(19)14-9-10-18(11-20-17(2,3)21-12-18)15-8-6-5-7-13(14)15/h5,7,13,15H,4,6,8-12H2,1-3H3/b16-14+/t13-,15+/m0/s1. The van der Waals surface area contributed by atoms with Gasteiger partial charge in [-0.2, -0.15) is 0 Å². The molecule has 3 aliphatic rings. The molecule has 118 valence electrons. The molecule has 21 heavy (non-hydrogen) atoms. The Morgan fingerprint density at radius 2 is 2.05 bits per heavy atom. The van der Waals surface area contributed by atoms with Crippen molar-refractivity contribution in [2.75, 3.05) is 13.2 Å². The van der Waals surface area contributed by atoms with Crippen molar-refractivity contribution in [2.24, 2.45) is 17.3 Å². The molecular weight excluding hydrogens is 375 g/mol. The number of hydrogen-bond acceptors (Lipinski definition) is 2. The minimum Gasteiger partial charge on any atom is -0.350 e. The van der Waals surface area contributed by atoms with E-state index >= 15 is 0 Å². The number of ether oxygens (including phenoxy) is 2. The molecule has 1 saturated heterocycles. The van der Waals surface area contributed by atoms with Gasteiger partial charge in [0.2, 0.25) is 0 Å². The summed E-state index contributed by atoms with van der Waals surface area (Å²) in [6, 6.07) is 0. The van der Waals surface area contributed by atoms with E-state index in [0.29, 0.717) is 11.8 Å². The average molecular weight is 402 g/mol. The molecule has 3 heteroatoms. The van der Waals surface area contributed by atoms with Gasteiger partial charge >= 0.3 is 0 Å². The second-order valence-electron chi connectivity index (χ2n) is 7.26. The van der Waals surface area contributed by atoms with Crippen LogP contribution in [0.15, 0.2) is 21.3 Å². The van der Waals surface area contributed by atoms with Crippen LogP contribution in [-0.4, -0.2) is 19.0 Å². The molecule has 2 fully saturated rings. The quantitative estimate of drug-likeness (QED) is 0.442. The van der Waals surface area contributed by atoms with Crippen LogP contribution in [0.1, 0.15) is 52.9 Å². The first-order chi connectivity index (χ1) is 9.97. The Labute approximate surface area is 142 Å². The van der Waals surface area contributed by atoms with Crippen LogP contribution in [0.4, 0.5) is 0 Å².